The van der Waals surface area contributed by atoms with Crippen LogP contribution in [0.15, 0.2) is 65.1 Å². The molecule has 0 fully saturated rings. The van der Waals surface area contributed by atoms with Crippen LogP contribution in [0.1, 0.15) is 11.1 Å². The van der Waals surface area contributed by atoms with Gasteiger partial charge in [0.05, 0.1) is 5.56 Å². The van der Waals surface area contributed by atoms with Gasteiger partial charge in [-0.3, -0.25) is 0 Å². The SMILES string of the molecule is Cc1cc2c(oc3ccccc32)c(-c2ccc3cc(F)ccc3[n+]2C)c1C. The summed E-state index contributed by atoms with van der Waals surface area (Å²) in [4.78, 5) is 0. The number of pyridine rings is 1. The largest absolute Gasteiger partial charge is 0.455 e. The average Bonchev–Trinajstić information content (AvgIpc) is 3.02. The van der Waals surface area contributed by atoms with Crippen LogP contribution in [0.5, 0.6) is 0 Å². The number of nitrogens with zero attached hydrogens (tertiary/aromatic N) is 1. The zero-order valence-electron chi connectivity index (χ0n) is 15.5. The van der Waals surface area contributed by atoms with Crippen molar-refractivity contribution in [2.45, 2.75) is 13.8 Å². The van der Waals surface area contributed by atoms with Crippen molar-refractivity contribution >= 4 is 32.8 Å². The van der Waals surface area contributed by atoms with Crippen molar-refractivity contribution in [3.8, 4) is 11.3 Å². The molecule has 0 radical (unpaired) electrons. The van der Waals surface area contributed by atoms with Crippen LogP contribution in [0.25, 0.3) is 44.1 Å². The number of halogens is 1. The van der Waals surface area contributed by atoms with E-state index in [0.717, 1.165) is 44.1 Å². The molecule has 132 valence electrons. The van der Waals surface area contributed by atoms with Crippen molar-refractivity contribution in [1.29, 1.82) is 0 Å². The van der Waals surface area contributed by atoms with Gasteiger partial charge in [0, 0.05) is 28.3 Å². The van der Waals surface area contributed by atoms with E-state index < -0.39 is 0 Å². The molecule has 0 aliphatic rings. The predicted octanol–water partition coefficient (Wildman–Crippen LogP) is 5.99. The minimum Gasteiger partial charge on any atom is -0.455 e. The highest BCUT2D eigenvalue weighted by atomic mass is 19.1. The molecule has 0 atom stereocenters. The van der Waals surface area contributed by atoms with Crippen LogP contribution in [0.3, 0.4) is 0 Å². The first-order valence-corrected chi connectivity index (χ1v) is 9.05. The van der Waals surface area contributed by atoms with Gasteiger partial charge in [0.2, 0.25) is 11.2 Å². The predicted molar refractivity (Wildman–Crippen MR) is 107 cm³/mol. The van der Waals surface area contributed by atoms with Crippen molar-refractivity contribution in [2.24, 2.45) is 7.05 Å². The summed E-state index contributed by atoms with van der Waals surface area (Å²) >= 11 is 0. The Morgan fingerprint density at radius 3 is 2.56 bits per heavy atom. The molecule has 0 aliphatic heterocycles. The summed E-state index contributed by atoms with van der Waals surface area (Å²) in [7, 11) is 2.02. The quantitative estimate of drug-likeness (QED) is 0.337. The van der Waals surface area contributed by atoms with Gasteiger partial charge in [0.1, 0.15) is 24.0 Å². The topological polar surface area (TPSA) is 17.0 Å². The van der Waals surface area contributed by atoms with Crippen LogP contribution >= 0.6 is 0 Å². The normalized spacial score (nSPS) is 11.7. The molecule has 0 saturated carbocycles. The summed E-state index contributed by atoms with van der Waals surface area (Å²) in [5.74, 6) is -0.221. The maximum atomic E-state index is 13.6. The fourth-order valence-electron chi connectivity index (χ4n) is 4.02. The molecule has 0 unspecified atom stereocenters. The highest BCUT2D eigenvalue weighted by Gasteiger charge is 2.23. The summed E-state index contributed by atoms with van der Waals surface area (Å²) in [5.41, 5.74) is 7.34. The standard InChI is InChI=1S/C24H19FNO/c1-14-12-19-18-6-4-5-7-22(18)27-24(19)23(15(14)2)21-10-8-16-13-17(25)9-11-20(16)26(21)3/h4-13H,1-3H3/q+1. The van der Waals surface area contributed by atoms with Gasteiger partial charge in [-0.05, 0) is 55.3 Å². The highest BCUT2D eigenvalue weighted by molar-refractivity contribution is 6.10. The second-order valence-electron chi connectivity index (χ2n) is 7.15. The van der Waals surface area contributed by atoms with E-state index in [4.69, 9.17) is 4.42 Å². The van der Waals surface area contributed by atoms with Crippen LogP contribution in [-0.2, 0) is 7.05 Å². The first-order chi connectivity index (χ1) is 13.0. The molecular weight excluding hydrogens is 337 g/mol. The summed E-state index contributed by atoms with van der Waals surface area (Å²) in [6, 6.07) is 19.3. The highest BCUT2D eigenvalue weighted by Crippen LogP contribution is 2.38. The summed E-state index contributed by atoms with van der Waals surface area (Å²) in [6.07, 6.45) is 0. The molecule has 27 heavy (non-hydrogen) atoms. The molecular formula is C24H19FNO+. The fourth-order valence-corrected chi connectivity index (χ4v) is 4.02. The molecule has 5 aromatic rings. The summed E-state index contributed by atoms with van der Waals surface area (Å²) in [5, 5.41) is 3.14. The Bertz CT molecular complexity index is 1360. The number of rotatable bonds is 1. The van der Waals surface area contributed by atoms with E-state index in [1.807, 2.05) is 37.4 Å². The second-order valence-corrected chi connectivity index (χ2v) is 7.15. The zero-order valence-corrected chi connectivity index (χ0v) is 15.5. The number of fused-ring (bicyclic) bond motifs is 4. The molecule has 5 rings (SSSR count). The van der Waals surface area contributed by atoms with Crippen LogP contribution in [0, 0.1) is 19.7 Å². The first-order valence-electron chi connectivity index (χ1n) is 9.05. The van der Waals surface area contributed by atoms with E-state index in [-0.39, 0.29) is 5.82 Å². The lowest BCUT2D eigenvalue weighted by molar-refractivity contribution is -0.633. The van der Waals surface area contributed by atoms with Gasteiger partial charge in [-0.1, -0.05) is 18.2 Å². The van der Waals surface area contributed by atoms with Gasteiger partial charge in [-0.15, -0.1) is 0 Å². The van der Waals surface area contributed by atoms with Crippen molar-refractivity contribution < 1.29 is 13.4 Å². The van der Waals surface area contributed by atoms with Gasteiger partial charge in [0.15, 0.2) is 0 Å². The lowest BCUT2D eigenvalue weighted by atomic mass is 9.96. The van der Waals surface area contributed by atoms with Crippen LogP contribution in [-0.4, -0.2) is 0 Å². The Morgan fingerprint density at radius 1 is 0.889 bits per heavy atom. The first kappa shape index (κ1) is 16.0. The van der Waals surface area contributed by atoms with E-state index in [2.05, 4.69) is 36.6 Å². The van der Waals surface area contributed by atoms with Crippen molar-refractivity contribution in [2.75, 3.05) is 0 Å². The molecule has 2 heterocycles. The van der Waals surface area contributed by atoms with Gasteiger partial charge in [-0.2, -0.15) is 4.57 Å². The molecule has 0 spiro atoms. The maximum Gasteiger partial charge on any atom is 0.216 e. The van der Waals surface area contributed by atoms with E-state index >= 15 is 0 Å². The second kappa shape index (κ2) is 5.65. The Hall–Kier alpha value is -3.20. The lowest BCUT2D eigenvalue weighted by Gasteiger charge is -2.10. The molecule has 2 aromatic heterocycles. The molecule has 0 saturated heterocycles. The molecule has 3 aromatic carbocycles. The van der Waals surface area contributed by atoms with Crippen LogP contribution in [0.2, 0.25) is 0 Å². The van der Waals surface area contributed by atoms with E-state index in [1.54, 1.807) is 6.07 Å². The van der Waals surface area contributed by atoms with Gasteiger partial charge in [0.25, 0.3) is 0 Å². The number of aryl methyl sites for hydroxylation is 2. The number of hydrogen-bond acceptors (Lipinski definition) is 1. The number of para-hydroxylation sites is 1. The number of aromatic nitrogens is 1. The van der Waals surface area contributed by atoms with E-state index in [9.17, 15) is 4.39 Å². The number of furan rings is 1. The Morgan fingerprint density at radius 2 is 1.70 bits per heavy atom. The fraction of sp³-hybridized carbons (Fsp3) is 0.125. The van der Waals surface area contributed by atoms with E-state index in [1.165, 1.54) is 17.2 Å². The molecule has 0 N–H and O–H groups in total. The van der Waals surface area contributed by atoms with Crippen molar-refractivity contribution in [1.82, 2.24) is 0 Å². The third-order valence-electron chi connectivity index (χ3n) is 5.58. The third kappa shape index (κ3) is 2.28. The Kier molecular flexibility index (Phi) is 3.35. The maximum absolute atomic E-state index is 13.6. The minimum atomic E-state index is -0.221. The Labute approximate surface area is 156 Å². The van der Waals surface area contributed by atoms with E-state index in [0.29, 0.717) is 0 Å². The third-order valence-corrected chi connectivity index (χ3v) is 5.58. The minimum absolute atomic E-state index is 0.221. The molecule has 3 heteroatoms. The molecule has 0 amide bonds. The average molecular weight is 356 g/mol. The number of hydrogen-bond donors (Lipinski definition) is 0. The van der Waals surface area contributed by atoms with Gasteiger partial charge in [-0.25, -0.2) is 4.39 Å². The summed E-state index contributed by atoms with van der Waals surface area (Å²) < 4.78 is 22.0. The van der Waals surface area contributed by atoms with Gasteiger partial charge < -0.3 is 4.42 Å². The molecule has 2 nitrogen and oxygen atoms in total. The monoisotopic (exact) mass is 356 g/mol. The van der Waals surface area contributed by atoms with Crippen LogP contribution < -0.4 is 4.57 Å². The summed E-state index contributed by atoms with van der Waals surface area (Å²) in [6.45, 7) is 4.27. The number of benzene rings is 3. The molecule has 0 aliphatic carbocycles. The smallest absolute Gasteiger partial charge is 0.216 e. The zero-order chi connectivity index (χ0) is 18.7. The Balaban J connectivity index is 1.93. The molecule has 0 bridgehead atoms. The van der Waals surface area contributed by atoms with Crippen LogP contribution in [0.4, 0.5) is 4.39 Å². The van der Waals surface area contributed by atoms with Crippen molar-refractivity contribution in [3.05, 3.63) is 77.6 Å². The lowest BCUT2D eigenvalue weighted by Crippen LogP contribution is -2.32. The van der Waals surface area contributed by atoms with Crippen molar-refractivity contribution in [3.63, 3.8) is 0 Å². The van der Waals surface area contributed by atoms with Gasteiger partial charge >= 0.3 is 0 Å².